The topological polar surface area (TPSA) is 9.72 Å². The molecule has 43 heavy (non-hydrogen) atoms. The maximum atomic E-state index is 2.51. The van der Waals surface area contributed by atoms with Crippen LogP contribution in [0.1, 0.15) is 61.1 Å². The van der Waals surface area contributed by atoms with Gasteiger partial charge < -0.3 is 14.7 Å². The third-order valence-corrected chi connectivity index (χ3v) is 16.3. The van der Waals surface area contributed by atoms with Crippen molar-refractivity contribution in [3.63, 3.8) is 0 Å². The fourth-order valence-electron chi connectivity index (χ4n) is 7.99. The summed E-state index contributed by atoms with van der Waals surface area (Å²) in [5, 5.41) is 4.51. The highest BCUT2D eigenvalue weighted by molar-refractivity contribution is 7.15. The molecule has 0 N–H and O–H groups in total. The van der Waals surface area contributed by atoms with Crippen molar-refractivity contribution < 1.29 is 0 Å². The molecule has 0 bridgehead atoms. The number of nitrogens with zero attached hydrogens (tertiary/aromatic N) is 3. The molecule has 0 saturated carbocycles. The molecule has 0 fully saturated rings. The second-order valence-corrected chi connectivity index (χ2v) is 17.6. The molecule has 3 nitrogen and oxygen atoms in total. The lowest BCUT2D eigenvalue weighted by Crippen LogP contribution is -2.72. The van der Waals surface area contributed by atoms with Gasteiger partial charge in [0, 0.05) is 64.9 Å². The largest absolute Gasteiger partial charge is 0.378 e. The number of benzene rings is 3. The molecule has 0 amide bonds. The fraction of sp³-hybridized carbons (Fsp3) is 0.436. The molecular weight excluding hydrogens is 539 g/mol. The van der Waals surface area contributed by atoms with Crippen LogP contribution in [0, 0.1) is 41.5 Å². The zero-order valence-corrected chi connectivity index (χ0v) is 30.9. The van der Waals surface area contributed by atoms with Crippen molar-refractivity contribution in [3.05, 3.63) is 92.1 Å². The Balaban J connectivity index is 2.50. The fourth-order valence-corrected chi connectivity index (χ4v) is 14.9. The van der Waals surface area contributed by atoms with E-state index in [9.17, 15) is 0 Å². The van der Waals surface area contributed by atoms with Crippen molar-refractivity contribution in [2.75, 3.05) is 57.0 Å². The molecule has 3 aromatic rings. The molecule has 230 valence electrons. The third kappa shape index (κ3) is 4.86. The summed E-state index contributed by atoms with van der Waals surface area (Å²) in [7, 11) is 10.5. The molecule has 1 aliphatic rings. The summed E-state index contributed by atoms with van der Waals surface area (Å²) in [6.07, 6.45) is 0. The van der Waals surface area contributed by atoms with Gasteiger partial charge in [0.05, 0.1) is 0 Å². The maximum Gasteiger partial charge on any atom is 0.167 e. The van der Waals surface area contributed by atoms with Crippen molar-refractivity contribution >= 4 is 40.7 Å². The molecule has 1 aliphatic carbocycles. The Morgan fingerprint density at radius 3 is 0.907 bits per heavy atom. The van der Waals surface area contributed by atoms with Crippen LogP contribution in [0.15, 0.2) is 58.7 Å². The Morgan fingerprint density at radius 2 is 0.674 bits per heavy atom. The van der Waals surface area contributed by atoms with E-state index in [1.54, 1.807) is 0 Å². The van der Waals surface area contributed by atoms with E-state index in [-0.39, 0.29) is 5.54 Å². The van der Waals surface area contributed by atoms with Crippen LogP contribution in [0.5, 0.6) is 0 Å². The Labute approximate surface area is 263 Å². The summed E-state index contributed by atoms with van der Waals surface area (Å²) in [4.78, 5) is 7.16. The van der Waals surface area contributed by atoms with E-state index in [0.29, 0.717) is 0 Å². The predicted octanol–water partition coefficient (Wildman–Crippen LogP) is 7.26. The van der Waals surface area contributed by atoms with Crippen molar-refractivity contribution in [1.82, 2.24) is 0 Å². The molecule has 4 heteroatoms. The highest BCUT2D eigenvalue weighted by Gasteiger charge is 2.54. The molecule has 0 heterocycles. The highest BCUT2D eigenvalue weighted by atomic mass is 28.3. The van der Waals surface area contributed by atoms with E-state index < -0.39 is 8.07 Å². The van der Waals surface area contributed by atoms with E-state index in [2.05, 4.69) is 163 Å². The summed E-state index contributed by atoms with van der Waals surface area (Å²) in [5.74, 6) is 0. The summed E-state index contributed by atoms with van der Waals surface area (Å²) in [5.41, 5.74) is 18.5. The van der Waals surface area contributed by atoms with Crippen LogP contribution in [-0.4, -0.2) is 50.4 Å². The third-order valence-electron chi connectivity index (χ3n) is 10.8. The van der Waals surface area contributed by atoms with Crippen molar-refractivity contribution in [2.24, 2.45) is 0 Å². The molecule has 0 saturated heterocycles. The molecule has 3 aromatic carbocycles. The van der Waals surface area contributed by atoms with E-state index in [0.717, 1.165) is 0 Å². The van der Waals surface area contributed by atoms with Crippen LogP contribution < -0.4 is 30.3 Å². The number of aryl methyl sites for hydroxylation is 3. The van der Waals surface area contributed by atoms with Crippen LogP contribution in [0.3, 0.4) is 0 Å². The van der Waals surface area contributed by atoms with Crippen LogP contribution in [0.2, 0.25) is 5.54 Å². The molecule has 0 aromatic heterocycles. The van der Waals surface area contributed by atoms with Gasteiger partial charge in [0.25, 0.3) is 0 Å². The first-order valence-electron chi connectivity index (χ1n) is 15.7. The van der Waals surface area contributed by atoms with Gasteiger partial charge in [-0.05, 0) is 129 Å². The maximum absolute atomic E-state index is 2.93. The Bertz CT molecular complexity index is 1470. The smallest absolute Gasteiger partial charge is 0.167 e. The number of allylic oxidation sites excluding steroid dienone is 4. The first kappa shape index (κ1) is 32.7. The van der Waals surface area contributed by atoms with Crippen molar-refractivity contribution in [3.8, 4) is 0 Å². The standard InChI is InChI=1S/C39H55N3Si/c1-23-17-20-33(36(26(23)4)40(11)12)43(39-31(9)29(7)30(8)32(39)10,34-21-18-24(2)27(5)37(34)41(13)14)35-22-19-25(3)28(6)38(35)42(15)16/h17-22,39H,1-16H3. The summed E-state index contributed by atoms with van der Waals surface area (Å²) >= 11 is 0. The molecular formula is C39H55N3Si. The number of hydrogen-bond acceptors (Lipinski definition) is 3. The molecule has 0 atom stereocenters. The quantitative estimate of drug-likeness (QED) is 0.211. The van der Waals surface area contributed by atoms with Crippen LogP contribution in [0.4, 0.5) is 17.1 Å². The molecule has 0 spiro atoms. The zero-order valence-electron chi connectivity index (χ0n) is 29.9. The number of hydrogen-bond donors (Lipinski definition) is 0. The van der Waals surface area contributed by atoms with Gasteiger partial charge in [-0.1, -0.05) is 47.5 Å². The molecule has 0 radical (unpaired) electrons. The summed E-state index contributed by atoms with van der Waals surface area (Å²) < 4.78 is 0. The van der Waals surface area contributed by atoms with Gasteiger partial charge in [-0.25, -0.2) is 0 Å². The van der Waals surface area contributed by atoms with Gasteiger partial charge in [0.15, 0.2) is 8.07 Å². The number of anilines is 3. The Kier molecular flexibility index (Phi) is 8.88. The first-order chi connectivity index (χ1) is 20.0. The van der Waals surface area contributed by atoms with E-state index in [1.165, 1.54) is 88.3 Å². The molecule has 0 aliphatic heterocycles. The summed E-state index contributed by atoms with van der Waals surface area (Å²) in [6.45, 7) is 23.3. The SMILES string of the molecule is CC1=C(C)C([Si](c2ccc(C)c(C)c2N(C)C)(c2ccc(C)c(C)c2N(C)C)c2ccc(C)c(C)c2N(C)C)C(C)=C1C. The van der Waals surface area contributed by atoms with Crippen LogP contribution in [0.25, 0.3) is 0 Å². The predicted molar refractivity (Wildman–Crippen MR) is 196 cm³/mol. The zero-order chi connectivity index (χ0) is 32.3. The number of rotatable bonds is 7. The average molecular weight is 594 g/mol. The van der Waals surface area contributed by atoms with Gasteiger partial charge >= 0.3 is 0 Å². The normalized spacial score (nSPS) is 14.2. The lowest BCUT2D eigenvalue weighted by atomic mass is 10.1. The van der Waals surface area contributed by atoms with E-state index in [1.807, 2.05) is 0 Å². The highest BCUT2D eigenvalue weighted by Crippen LogP contribution is 2.49. The lowest BCUT2D eigenvalue weighted by molar-refractivity contribution is 1.07. The average Bonchev–Trinajstić information content (AvgIpc) is 3.12. The minimum absolute atomic E-state index is 0.287. The minimum atomic E-state index is -2.93. The molecule has 0 unspecified atom stereocenters. The van der Waals surface area contributed by atoms with Crippen molar-refractivity contribution in [1.29, 1.82) is 0 Å². The first-order valence-corrected chi connectivity index (χ1v) is 17.8. The van der Waals surface area contributed by atoms with Gasteiger partial charge in [-0.2, -0.15) is 0 Å². The lowest BCUT2D eigenvalue weighted by Gasteiger charge is -2.46. The van der Waals surface area contributed by atoms with Crippen molar-refractivity contribution in [2.45, 2.75) is 74.8 Å². The Morgan fingerprint density at radius 1 is 0.419 bits per heavy atom. The monoisotopic (exact) mass is 593 g/mol. The second kappa shape index (κ2) is 11.7. The van der Waals surface area contributed by atoms with Gasteiger partial charge in [-0.3, -0.25) is 0 Å². The van der Waals surface area contributed by atoms with Crippen LogP contribution in [-0.2, 0) is 0 Å². The van der Waals surface area contributed by atoms with Gasteiger partial charge in [0.1, 0.15) is 0 Å². The van der Waals surface area contributed by atoms with Gasteiger partial charge in [0.2, 0.25) is 0 Å². The second-order valence-electron chi connectivity index (χ2n) is 13.8. The van der Waals surface area contributed by atoms with E-state index in [4.69, 9.17) is 0 Å². The van der Waals surface area contributed by atoms with Crippen LogP contribution >= 0.6 is 0 Å². The van der Waals surface area contributed by atoms with E-state index >= 15 is 0 Å². The minimum Gasteiger partial charge on any atom is -0.378 e. The van der Waals surface area contributed by atoms with Gasteiger partial charge in [-0.15, -0.1) is 0 Å². The Hall–Kier alpha value is -3.24. The summed E-state index contributed by atoms with van der Waals surface area (Å²) in [6, 6.07) is 14.7. The molecule has 4 rings (SSSR count).